The van der Waals surface area contributed by atoms with Gasteiger partial charge in [-0.3, -0.25) is 4.90 Å². The Hall–Kier alpha value is -2.16. The molecular weight excluding hydrogens is 345 g/mol. The lowest BCUT2D eigenvalue weighted by Crippen LogP contribution is -2.20. The van der Waals surface area contributed by atoms with Gasteiger partial charge in [-0.1, -0.05) is 60.1 Å². The molecule has 132 valence electrons. The number of hydrogen-bond donors (Lipinski definition) is 0. The highest BCUT2D eigenvalue weighted by atomic mass is 35.5. The summed E-state index contributed by atoms with van der Waals surface area (Å²) in [6.45, 7) is 3.01. The van der Waals surface area contributed by atoms with Gasteiger partial charge in [-0.25, -0.2) is 4.39 Å². The molecule has 1 aliphatic heterocycles. The lowest BCUT2D eigenvalue weighted by molar-refractivity contribution is 0.275. The molecule has 0 aromatic heterocycles. The lowest BCUT2D eigenvalue weighted by Gasteiger charge is -2.22. The third kappa shape index (κ3) is 3.82. The van der Waals surface area contributed by atoms with Gasteiger partial charge in [0.1, 0.15) is 5.82 Å². The Morgan fingerprint density at radius 2 is 1.35 bits per heavy atom. The maximum atomic E-state index is 13.4. The minimum absolute atomic E-state index is 0.196. The van der Waals surface area contributed by atoms with Gasteiger partial charge in [0.05, 0.1) is 0 Å². The molecule has 0 radical (unpaired) electrons. The van der Waals surface area contributed by atoms with Crippen molar-refractivity contribution >= 4 is 11.6 Å². The molecular formula is C23H21ClFN. The summed E-state index contributed by atoms with van der Waals surface area (Å²) in [7, 11) is 0. The van der Waals surface area contributed by atoms with Gasteiger partial charge in [-0.15, -0.1) is 0 Å². The second kappa shape index (κ2) is 7.61. The van der Waals surface area contributed by atoms with Crippen LogP contribution in [0.5, 0.6) is 0 Å². The normalized spacial score (nSPS) is 15.0. The van der Waals surface area contributed by atoms with Crippen LogP contribution in [-0.4, -0.2) is 11.4 Å². The summed E-state index contributed by atoms with van der Waals surface area (Å²) in [5, 5.41) is 0.738. The van der Waals surface area contributed by atoms with Crippen LogP contribution < -0.4 is 0 Å². The van der Waals surface area contributed by atoms with Crippen molar-refractivity contribution in [3.63, 3.8) is 0 Å². The summed E-state index contributed by atoms with van der Waals surface area (Å²) < 4.78 is 13.4. The fourth-order valence-corrected chi connectivity index (χ4v) is 3.92. The molecule has 1 nitrogen and oxygen atoms in total. The van der Waals surface area contributed by atoms with Crippen molar-refractivity contribution in [2.45, 2.75) is 25.4 Å². The quantitative estimate of drug-likeness (QED) is 0.534. The Balaban J connectivity index is 1.52. The van der Waals surface area contributed by atoms with Gasteiger partial charge in [0.25, 0.3) is 0 Å². The average molecular weight is 366 g/mol. The molecule has 0 saturated heterocycles. The van der Waals surface area contributed by atoms with Crippen LogP contribution in [0, 0.1) is 5.82 Å². The van der Waals surface area contributed by atoms with Gasteiger partial charge in [0.2, 0.25) is 0 Å². The highest BCUT2D eigenvalue weighted by molar-refractivity contribution is 6.30. The van der Waals surface area contributed by atoms with Gasteiger partial charge in [-0.05, 0) is 59.5 Å². The van der Waals surface area contributed by atoms with Gasteiger partial charge in [0.15, 0.2) is 0 Å². The van der Waals surface area contributed by atoms with Gasteiger partial charge in [-0.2, -0.15) is 0 Å². The van der Waals surface area contributed by atoms with E-state index < -0.39 is 0 Å². The Morgan fingerprint density at radius 1 is 0.808 bits per heavy atom. The summed E-state index contributed by atoms with van der Waals surface area (Å²) >= 11 is 6.06. The monoisotopic (exact) mass is 365 g/mol. The third-order valence-electron chi connectivity index (χ3n) is 5.19. The van der Waals surface area contributed by atoms with E-state index in [-0.39, 0.29) is 11.7 Å². The minimum atomic E-state index is -0.196. The van der Waals surface area contributed by atoms with Crippen LogP contribution in [-0.2, 0) is 13.1 Å². The van der Waals surface area contributed by atoms with Gasteiger partial charge < -0.3 is 0 Å². The van der Waals surface area contributed by atoms with Crippen molar-refractivity contribution in [3.05, 3.63) is 106 Å². The van der Waals surface area contributed by atoms with Crippen LogP contribution in [0.2, 0.25) is 5.02 Å². The zero-order chi connectivity index (χ0) is 17.9. The van der Waals surface area contributed by atoms with Crippen LogP contribution in [0.25, 0.3) is 0 Å². The first-order valence-electron chi connectivity index (χ1n) is 8.99. The second-order valence-electron chi connectivity index (χ2n) is 6.92. The first-order valence-corrected chi connectivity index (χ1v) is 9.37. The standard InChI is InChI=1S/C23H21ClFN/c24-21-9-5-17(6-10-21)23(18-7-11-22(25)12-8-18)13-14-26-15-19-3-1-2-4-20(19)16-26/h1-12,23H,13-16H2. The molecule has 0 N–H and O–H groups in total. The van der Waals surface area contributed by atoms with Crippen molar-refractivity contribution in [2.75, 3.05) is 6.54 Å². The van der Waals surface area contributed by atoms with Gasteiger partial charge >= 0.3 is 0 Å². The first-order chi connectivity index (χ1) is 12.7. The molecule has 0 amide bonds. The van der Waals surface area contributed by atoms with Crippen LogP contribution in [0.1, 0.15) is 34.6 Å². The average Bonchev–Trinajstić information content (AvgIpc) is 3.07. The number of halogens is 2. The van der Waals surface area contributed by atoms with Crippen molar-refractivity contribution in [3.8, 4) is 0 Å². The van der Waals surface area contributed by atoms with E-state index in [4.69, 9.17) is 11.6 Å². The fourth-order valence-electron chi connectivity index (χ4n) is 3.79. The predicted molar refractivity (Wildman–Crippen MR) is 105 cm³/mol. The molecule has 1 heterocycles. The number of hydrogen-bond acceptors (Lipinski definition) is 1. The van der Waals surface area contributed by atoms with Crippen molar-refractivity contribution < 1.29 is 4.39 Å². The zero-order valence-corrected chi connectivity index (χ0v) is 15.3. The molecule has 0 bridgehead atoms. The van der Waals surface area contributed by atoms with Crippen molar-refractivity contribution in [1.82, 2.24) is 4.90 Å². The summed E-state index contributed by atoms with van der Waals surface area (Å²) in [6.07, 6.45) is 0.987. The number of nitrogens with zero attached hydrogens (tertiary/aromatic N) is 1. The molecule has 3 aromatic rings. The molecule has 3 aromatic carbocycles. The summed E-state index contributed by atoms with van der Waals surface area (Å²) in [5.74, 6) is 0.0372. The van der Waals surface area contributed by atoms with E-state index in [1.165, 1.54) is 16.7 Å². The Morgan fingerprint density at radius 3 is 1.92 bits per heavy atom. The maximum absolute atomic E-state index is 13.4. The first kappa shape index (κ1) is 17.3. The number of rotatable bonds is 5. The summed E-state index contributed by atoms with van der Waals surface area (Å²) in [4.78, 5) is 2.48. The van der Waals surface area contributed by atoms with Crippen LogP contribution in [0.3, 0.4) is 0 Å². The fraction of sp³-hybridized carbons (Fsp3) is 0.217. The predicted octanol–water partition coefficient (Wildman–Crippen LogP) is 6.02. The number of benzene rings is 3. The molecule has 26 heavy (non-hydrogen) atoms. The largest absolute Gasteiger partial charge is 0.295 e. The van der Waals surface area contributed by atoms with E-state index in [1.807, 2.05) is 24.3 Å². The molecule has 0 spiro atoms. The zero-order valence-electron chi connectivity index (χ0n) is 14.5. The molecule has 1 atom stereocenters. The Kier molecular flexibility index (Phi) is 5.05. The summed E-state index contributed by atoms with van der Waals surface area (Å²) in [6, 6.07) is 23.5. The van der Waals surface area contributed by atoms with Crippen LogP contribution in [0.15, 0.2) is 72.8 Å². The van der Waals surface area contributed by atoms with Crippen molar-refractivity contribution in [2.24, 2.45) is 0 Å². The molecule has 1 unspecified atom stereocenters. The van der Waals surface area contributed by atoms with E-state index in [1.54, 1.807) is 12.1 Å². The minimum Gasteiger partial charge on any atom is -0.295 e. The lowest BCUT2D eigenvalue weighted by atomic mass is 9.88. The van der Waals surface area contributed by atoms with E-state index in [2.05, 4.69) is 41.3 Å². The smallest absolute Gasteiger partial charge is 0.123 e. The number of fused-ring (bicyclic) bond motifs is 1. The van der Waals surface area contributed by atoms with E-state index in [9.17, 15) is 4.39 Å². The van der Waals surface area contributed by atoms with Crippen molar-refractivity contribution in [1.29, 1.82) is 0 Å². The molecule has 3 heteroatoms. The summed E-state index contributed by atoms with van der Waals surface area (Å²) in [5.41, 5.74) is 5.22. The molecule has 0 fully saturated rings. The highest BCUT2D eigenvalue weighted by Gasteiger charge is 2.21. The highest BCUT2D eigenvalue weighted by Crippen LogP contribution is 2.31. The van der Waals surface area contributed by atoms with E-state index in [0.29, 0.717) is 0 Å². The Bertz CT molecular complexity index is 803. The Labute approximate surface area is 159 Å². The third-order valence-corrected chi connectivity index (χ3v) is 5.44. The van der Waals surface area contributed by atoms with Gasteiger partial charge in [0, 0.05) is 24.0 Å². The van der Waals surface area contributed by atoms with E-state index in [0.717, 1.165) is 36.6 Å². The van der Waals surface area contributed by atoms with E-state index >= 15 is 0 Å². The molecule has 0 aliphatic carbocycles. The van der Waals surface area contributed by atoms with Crippen LogP contribution in [0.4, 0.5) is 4.39 Å². The molecule has 0 saturated carbocycles. The maximum Gasteiger partial charge on any atom is 0.123 e. The topological polar surface area (TPSA) is 3.24 Å². The second-order valence-corrected chi connectivity index (χ2v) is 7.36. The SMILES string of the molecule is Fc1ccc(C(CCN2Cc3ccccc3C2)c2ccc(Cl)cc2)cc1. The molecule has 4 rings (SSSR count). The molecule has 1 aliphatic rings. The van der Waals surface area contributed by atoms with Crippen LogP contribution >= 0.6 is 11.6 Å².